The number of hydrogen-bond acceptors (Lipinski definition) is 1. The molecule has 3 aromatic carbocycles. The average molecular weight is 425 g/mol. The van der Waals surface area contributed by atoms with Crippen LogP contribution in [0.2, 0.25) is 0 Å². The lowest BCUT2D eigenvalue weighted by molar-refractivity contribution is -0.683. The first-order chi connectivity index (χ1) is 11.3. The van der Waals surface area contributed by atoms with Crippen molar-refractivity contribution in [1.29, 1.82) is 0 Å². The van der Waals surface area contributed by atoms with Gasteiger partial charge in [0.1, 0.15) is 0 Å². The molecule has 0 saturated heterocycles. The molecule has 0 aliphatic heterocycles. The van der Waals surface area contributed by atoms with Gasteiger partial charge in [0.15, 0.2) is 12.4 Å². The first-order valence-electron chi connectivity index (χ1n) is 7.70. The van der Waals surface area contributed by atoms with Crippen LogP contribution in [-0.2, 0) is 6.54 Å². The lowest BCUT2D eigenvalue weighted by atomic mass is 9.99. The largest absolute Gasteiger partial charge is 1.00 e. The molecule has 0 aliphatic carbocycles. The Kier molecular flexibility index (Phi) is 4.90. The molecule has 0 radical (unpaired) electrons. The van der Waals surface area contributed by atoms with Gasteiger partial charge in [-0.05, 0) is 27.6 Å². The average Bonchev–Trinajstić information content (AvgIpc) is 2.62. The molecule has 2 nitrogen and oxygen atoms in total. The summed E-state index contributed by atoms with van der Waals surface area (Å²) in [5.74, 6) is 0.122. The molecule has 1 aromatic heterocycles. The predicted molar refractivity (Wildman–Crippen MR) is 92.4 cm³/mol. The molecular formula is C21H16INO. The molecule has 0 fully saturated rings. The summed E-state index contributed by atoms with van der Waals surface area (Å²) in [7, 11) is 0. The van der Waals surface area contributed by atoms with Gasteiger partial charge in [-0.15, -0.1) is 0 Å². The summed E-state index contributed by atoms with van der Waals surface area (Å²) >= 11 is 0. The summed E-state index contributed by atoms with van der Waals surface area (Å²) in [6.07, 6.45) is 3.82. The number of hydrogen-bond donors (Lipinski definition) is 0. The minimum absolute atomic E-state index is 0. The van der Waals surface area contributed by atoms with Gasteiger partial charge in [-0.2, -0.15) is 4.57 Å². The summed E-state index contributed by atoms with van der Waals surface area (Å²) in [4.78, 5) is 12.5. The topological polar surface area (TPSA) is 20.9 Å². The fourth-order valence-corrected chi connectivity index (χ4v) is 2.98. The van der Waals surface area contributed by atoms with Crippen molar-refractivity contribution >= 4 is 27.3 Å². The van der Waals surface area contributed by atoms with E-state index >= 15 is 0 Å². The predicted octanol–water partition coefficient (Wildman–Crippen LogP) is 1.17. The van der Waals surface area contributed by atoms with Crippen LogP contribution in [0, 0.1) is 0 Å². The third-order valence-electron chi connectivity index (χ3n) is 4.17. The minimum atomic E-state index is 0. The lowest BCUT2D eigenvalue weighted by Gasteiger charge is -2.05. The highest BCUT2D eigenvalue weighted by molar-refractivity contribution is 6.09. The number of ketones is 1. The zero-order chi connectivity index (χ0) is 15.6. The number of Topliss-reactive ketones (excluding diaryl/α,β-unsaturated/α-hetero) is 1. The molecule has 24 heavy (non-hydrogen) atoms. The first-order valence-corrected chi connectivity index (χ1v) is 7.70. The van der Waals surface area contributed by atoms with Gasteiger partial charge >= 0.3 is 0 Å². The van der Waals surface area contributed by atoms with Crippen molar-refractivity contribution in [3.8, 4) is 0 Å². The Bertz CT molecular complexity index is 1010. The van der Waals surface area contributed by atoms with Crippen LogP contribution < -0.4 is 28.5 Å². The highest BCUT2D eigenvalue weighted by Crippen LogP contribution is 2.26. The van der Waals surface area contributed by atoms with Crippen molar-refractivity contribution in [2.24, 2.45) is 0 Å². The van der Waals surface area contributed by atoms with Crippen molar-refractivity contribution < 1.29 is 33.3 Å². The molecule has 0 spiro atoms. The van der Waals surface area contributed by atoms with E-state index in [0.29, 0.717) is 6.54 Å². The fraction of sp³-hybridized carbons (Fsp3) is 0.0476. The Hall–Kier alpha value is -2.27. The third-order valence-corrected chi connectivity index (χ3v) is 4.17. The summed E-state index contributed by atoms with van der Waals surface area (Å²) in [5.41, 5.74) is 0.754. The summed E-state index contributed by atoms with van der Waals surface area (Å²) in [6.45, 7) is 0.361. The van der Waals surface area contributed by atoms with Crippen LogP contribution in [0.25, 0.3) is 21.5 Å². The summed E-state index contributed by atoms with van der Waals surface area (Å²) in [6, 6.07) is 24.3. The molecule has 0 unspecified atom stereocenters. The van der Waals surface area contributed by atoms with Gasteiger partial charge in [0.05, 0.1) is 0 Å². The van der Waals surface area contributed by atoms with Gasteiger partial charge < -0.3 is 24.0 Å². The van der Waals surface area contributed by atoms with Crippen LogP contribution in [0.1, 0.15) is 10.4 Å². The first kappa shape index (κ1) is 16.6. The number of carbonyl (C=O) groups is 1. The van der Waals surface area contributed by atoms with Gasteiger partial charge in [-0.25, -0.2) is 0 Å². The second-order valence-corrected chi connectivity index (χ2v) is 5.69. The van der Waals surface area contributed by atoms with E-state index < -0.39 is 0 Å². The Balaban J connectivity index is 0.00000169. The number of pyridine rings is 1. The Morgan fingerprint density at radius 3 is 2.29 bits per heavy atom. The number of halogens is 1. The van der Waals surface area contributed by atoms with E-state index in [9.17, 15) is 4.79 Å². The van der Waals surface area contributed by atoms with Crippen molar-refractivity contribution in [3.05, 3.63) is 90.8 Å². The van der Waals surface area contributed by atoms with Crippen LogP contribution in [0.4, 0.5) is 0 Å². The second kappa shape index (κ2) is 7.09. The molecule has 0 aliphatic rings. The zero-order valence-electron chi connectivity index (χ0n) is 13.0. The van der Waals surface area contributed by atoms with Crippen molar-refractivity contribution in [1.82, 2.24) is 0 Å². The van der Waals surface area contributed by atoms with E-state index in [-0.39, 0.29) is 29.8 Å². The van der Waals surface area contributed by atoms with Crippen molar-refractivity contribution in [3.63, 3.8) is 0 Å². The number of rotatable bonds is 3. The van der Waals surface area contributed by atoms with E-state index in [1.807, 2.05) is 59.4 Å². The molecule has 0 atom stereocenters. The van der Waals surface area contributed by atoms with Crippen molar-refractivity contribution in [2.45, 2.75) is 6.54 Å². The Morgan fingerprint density at radius 2 is 1.46 bits per heavy atom. The number of benzene rings is 3. The smallest absolute Gasteiger partial charge is 0.227 e. The SMILES string of the molecule is O=C(C[n+]1ccccc1)c1ccc2c(ccc3ccccc32)c1.[I-]. The van der Waals surface area contributed by atoms with E-state index in [1.54, 1.807) is 0 Å². The van der Waals surface area contributed by atoms with Crippen LogP contribution in [-0.4, -0.2) is 5.78 Å². The summed E-state index contributed by atoms with van der Waals surface area (Å²) < 4.78 is 1.90. The molecule has 0 bridgehead atoms. The fourth-order valence-electron chi connectivity index (χ4n) is 2.98. The Labute approximate surface area is 157 Å². The zero-order valence-corrected chi connectivity index (χ0v) is 15.2. The van der Waals surface area contributed by atoms with E-state index in [2.05, 4.69) is 30.3 Å². The molecule has 0 amide bonds. The van der Waals surface area contributed by atoms with Gasteiger partial charge in [0, 0.05) is 17.7 Å². The quantitative estimate of drug-likeness (QED) is 0.209. The number of carbonyl (C=O) groups excluding carboxylic acids is 1. The molecule has 4 rings (SSSR count). The standard InChI is InChI=1S/C21H16NO.HI/c23-21(15-22-12-4-1-5-13-22)18-10-11-20-17(14-18)9-8-16-6-2-3-7-19(16)20;/h1-14H,15H2;1H/q+1;/p-1. The van der Waals surface area contributed by atoms with Crippen LogP contribution in [0.5, 0.6) is 0 Å². The lowest BCUT2D eigenvalue weighted by Crippen LogP contribution is -3.00. The van der Waals surface area contributed by atoms with Crippen LogP contribution in [0.15, 0.2) is 85.2 Å². The number of aromatic nitrogens is 1. The molecule has 118 valence electrons. The highest BCUT2D eigenvalue weighted by Gasteiger charge is 2.12. The van der Waals surface area contributed by atoms with E-state index in [1.165, 1.54) is 16.2 Å². The second-order valence-electron chi connectivity index (χ2n) is 5.69. The maximum Gasteiger partial charge on any atom is 0.227 e. The van der Waals surface area contributed by atoms with Crippen molar-refractivity contribution in [2.75, 3.05) is 0 Å². The van der Waals surface area contributed by atoms with Crippen LogP contribution >= 0.6 is 0 Å². The molecule has 4 aromatic rings. The third kappa shape index (κ3) is 3.17. The minimum Gasteiger partial charge on any atom is -1.00 e. The Morgan fingerprint density at radius 1 is 0.750 bits per heavy atom. The van der Waals surface area contributed by atoms with Crippen LogP contribution in [0.3, 0.4) is 0 Å². The maximum absolute atomic E-state index is 12.5. The molecule has 0 N–H and O–H groups in total. The van der Waals surface area contributed by atoms with Gasteiger partial charge in [0.2, 0.25) is 12.3 Å². The van der Waals surface area contributed by atoms with E-state index in [0.717, 1.165) is 10.9 Å². The maximum atomic E-state index is 12.5. The molecule has 1 heterocycles. The molecule has 0 saturated carbocycles. The number of nitrogens with zero attached hydrogens (tertiary/aromatic N) is 1. The monoisotopic (exact) mass is 425 g/mol. The molecule has 3 heteroatoms. The van der Waals surface area contributed by atoms with Gasteiger partial charge in [-0.1, -0.05) is 54.6 Å². The number of fused-ring (bicyclic) bond motifs is 3. The molecular weight excluding hydrogens is 409 g/mol. The highest BCUT2D eigenvalue weighted by atomic mass is 127. The van der Waals surface area contributed by atoms with Gasteiger partial charge in [-0.3, -0.25) is 4.79 Å². The normalized spacial score (nSPS) is 10.5. The summed E-state index contributed by atoms with van der Waals surface area (Å²) in [5, 5.41) is 4.74. The van der Waals surface area contributed by atoms with Gasteiger partial charge in [0.25, 0.3) is 0 Å². The van der Waals surface area contributed by atoms with E-state index in [4.69, 9.17) is 0 Å².